The van der Waals surface area contributed by atoms with Crippen molar-refractivity contribution in [1.29, 1.82) is 0 Å². The first-order valence-electron chi connectivity index (χ1n) is 7.63. The number of benzene rings is 1. The van der Waals surface area contributed by atoms with Gasteiger partial charge < -0.3 is 4.98 Å². The molecule has 1 aliphatic rings. The van der Waals surface area contributed by atoms with Gasteiger partial charge in [0.1, 0.15) is 4.21 Å². The average Bonchev–Trinajstić information content (AvgIpc) is 2.98. The second-order valence-corrected chi connectivity index (χ2v) is 9.50. The third kappa shape index (κ3) is 2.60. The lowest BCUT2D eigenvalue weighted by Crippen LogP contribution is -2.31. The first-order chi connectivity index (χ1) is 11.0. The Morgan fingerprint density at radius 1 is 1.22 bits per heavy atom. The molecule has 2 heterocycles. The van der Waals surface area contributed by atoms with Crippen LogP contribution in [0, 0.1) is 6.92 Å². The van der Waals surface area contributed by atoms with Crippen molar-refractivity contribution in [2.24, 2.45) is 0 Å². The number of rotatable bonds is 5. The predicted molar refractivity (Wildman–Crippen MR) is 93.5 cm³/mol. The molecule has 4 nitrogen and oxygen atoms in total. The van der Waals surface area contributed by atoms with Crippen molar-refractivity contribution in [1.82, 2.24) is 9.71 Å². The van der Waals surface area contributed by atoms with Crippen molar-refractivity contribution in [3.8, 4) is 0 Å². The van der Waals surface area contributed by atoms with Gasteiger partial charge in [0, 0.05) is 33.9 Å². The highest BCUT2D eigenvalue weighted by Gasteiger charge is 2.46. The van der Waals surface area contributed by atoms with Crippen LogP contribution in [0.3, 0.4) is 0 Å². The summed E-state index contributed by atoms with van der Waals surface area (Å²) in [7, 11) is -3.42. The minimum Gasteiger partial charge on any atom is -0.361 e. The van der Waals surface area contributed by atoms with Crippen LogP contribution < -0.4 is 4.72 Å². The summed E-state index contributed by atoms with van der Waals surface area (Å²) in [5.74, 6) is 0. The Morgan fingerprint density at radius 3 is 2.70 bits per heavy atom. The molecule has 0 bridgehead atoms. The Kier molecular flexibility index (Phi) is 3.37. The summed E-state index contributed by atoms with van der Waals surface area (Å²) in [5, 5.41) is 1.19. The Bertz CT molecular complexity index is 965. The number of H-pyrrole nitrogens is 1. The molecule has 0 atom stereocenters. The van der Waals surface area contributed by atoms with Crippen molar-refractivity contribution < 1.29 is 8.42 Å². The number of fused-ring (bicyclic) bond motifs is 1. The van der Waals surface area contributed by atoms with Gasteiger partial charge in [-0.2, -0.15) is 0 Å². The monoisotopic (exact) mass is 346 g/mol. The molecular formula is C17H18N2O2S2. The summed E-state index contributed by atoms with van der Waals surface area (Å²) in [6, 6.07) is 11.7. The van der Waals surface area contributed by atoms with E-state index >= 15 is 0 Å². The fourth-order valence-corrected chi connectivity index (χ4v) is 5.52. The van der Waals surface area contributed by atoms with E-state index in [0.717, 1.165) is 23.2 Å². The van der Waals surface area contributed by atoms with E-state index in [2.05, 4.69) is 15.8 Å². The molecule has 2 aromatic heterocycles. The summed E-state index contributed by atoms with van der Waals surface area (Å²) in [5.41, 5.74) is 2.25. The van der Waals surface area contributed by atoms with Crippen LogP contribution in [0.1, 0.15) is 23.3 Å². The van der Waals surface area contributed by atoms with Gasteiger partial charge in [-0.1, -0.05) is 18.2 Å². The van der Waals surface area contributed by atoms with Crippen LogP contribution in [0.25, 0.3) is 10.9 Å². The van der Waals surface area contributed by atoms with Crippen LogP contribution in [0.15, 0.2) is 46.8 Å². The Hall–Kier alpha value is -1.63. The molecule has 120 valence electrons. The van der Waals surface area contributed by atoms with Crippen LogP contribution in [0.4, 0.5) is 0 Å². The van der Waals surface area contributed by atoms with Gasteiger partial charge in [-0.3, -0.25) is 0 Å². The molecule has 1 aliphatic carbocycles. The average molecular weight is 346 g/mol. The molecule has 4 rings (SSSR count). The van der Waals surface area contributed by atoms with Crippen molar-refractivity contribution >= 4 is 32.3 Å². The summed E-state index contributed by atoms with van der Waals surface area (Å²) < 4.78 is 28.1. The molecule has 0 radical (unpaired) electrons. The van der Waals surface area contributed by atoms with Gasteiger partial charge in [-0.15, -0.1) is 11.3 Å². The van der Waals surface area contributed by atoms with Gasteiger partial charge in [0.05, 0.1) is 0 Å². The highest BCUT2D eigenvalue weighted by atomic mass is 32.2. The third-order valence-electron chi connectivity index (χ3n) is 4.60. The molecule has 6 heteroatoms. The Labute approximate surface area is 139 Å². The molecule has 2 N–H and O–H groups in total. The molecule has 23 heavy (non-hydrogen) atoms. The van der Waals surface area contributed by atoms with E-state index in [0.29, 0.717) is 10.8 Å². The van der Waals surface area contributed by atoms with E-state index in [4.69, 9.17) is 0 Å². The molecule has 1 fully saturated rings. The van der Waals surface area contributed by atoms with E-state index < -0.39 is 10.0 Å². The number of aromatic amines is 1. The Morgan fingerprint density at radius 2 is 2.00 bits per heavy atom. The summed E-state index contributed by atoms with van der Waals surface area (Å²) in [6.07, 6.45) is 4.06. The number of hydrogen-bond donors (Lipinski definition) is 2. The van der Waals surface area contributed by atoms with Crippen molar-refractivity contribution in [3.63, 3.8) is 0 Å². The first kappa shape index (κ1) is 14.9. The molecule has 0 spiro atoms. The highest BCUT2D eigenvalue weighted by molar-refractivity contribution is 7.91. The maximum atomic E-state index is 12.4. The molecule has 0 unspecified atom stereocenters. The lowest BCUT2D eigenvalue weighted by Gasteiger charge is -2.15. The highest BCUT2D eigenvalue weighted by Crippen LogP contribution is 2.50. The first-order valence-corrected chi connectivity index (χ1v) is 9.93. The van der Waals surface area contributed by atoms with Gasteiger partial charge in [-0.25, -0.2) is 13.1 Å². The number of thiophene rings is 1. The standard InChI is InChI=1S/C17H18N2O2S2/c1-12-6-7-16(22-12)23(20,21)19-11-17(8-9-17)14-10-18-15-5-3-2-4-13(14)15/h2-7,10,18-19H,8-9,11H2,1H3. The molecule has 1 saturated carbocycles. The SMILES string of the molecule is Cc1ccc(S(=O)(=O)NCC2(c3c[nH]c4ccccc34)CC2)s1. The second kappa shape index (κ2) is 5.19. The van der Waals surface area contributed by atoms with Gasteiger partial charge >= 0.3 is 0 Å². The van der Waals surface area contributed by atoms with E-state index in [9.17, 15) is 8.42 Å². The van der Waals surface area contributed by atoms with Crippen molar-refractivity contribution in [2.75, 3.05) is 6.54 Å². The molecule has 0 amide bonds. The van der Waals surface area contributed by atoms with E-state index in [1.807, 2.05) is 37.4 Å². The molecule has 1 aromatic carbocycles. The lowest BCUT2D eigenvalue weighted by atomic mass is 9.96. The largest absolute Gasteiger partial charge is 0.361 e. The van der Waals surface area contributed by atoms with Crippen molar-refractivity contribution in [2.45, 2.75) is 29.4 Å². The summed E-state index contributed by atoms with van der Waals surface area (Å²) >= 11 is 1.31. The van der Waals surface area contributed by atoms with Crippen LogP contribution in [-0.4, -0.2) is 19.9 Å². The number of nitrogens with one attached hydrogen (secondary N) is 2. The van der Waals surface area contributed by atoms with E-state index in [1.54, 1.807) is 6.07 Å². The van der Waals surface area contributed by atoms with Crippen LogP contribution >= 0.6 is 11.3 Å². The van der Waals surface area contributed by atoms with Gasteiger partial charge in [0.15, 0.2) is 0 Å². The number of aryl methyl sites for hydroxylation is 1. The summed E-state index contributed by atoms with van der Waals surface area (Å²) in [4.78, 5) is 4.29. The van der Waals surface area contributed by atoms with E-state index in [-0.39, 0.29) is 5.41 Å². The van der Waals surface area contributed by atoms with Crippen LogP contribution in [0.2, 0.25) is 0 Å². The summed E-state index contributed by atoms with van der Waals surface area (Å²) in [6.45, 7) is 2.37. The zero-order valence-corrected chi connectivity index (χ0v) is 14.4. The van der Waals surface area contributed by atoms with Crippen molar-refractivity contribution in [3.05, 3.63) is 53.0 Å². The number of sulfonamides is 1. The normalized spacial score (nSPS) is 16.7. The quantitative estimate of drug-likeness (QED) is 0.742. The van der Waals surface area contributed by atoms with E-state index in [1.165, 1.54) is 22.3 Å². The molecule has 0 saturated heterocycles. The van der Waals surface area contributed by atoms with Gasteiger partial charge in [0.25, 0.3) is 0 Å². The fraction of sp³-hybridized carbons (Fsp3) is 0.294. The predicted octanol–water partition coefficient (Wildman–Crippen LogP) is 3.55. The maximum Gasteiger partial charge on any atom is 0.250 e. The smallest absolute Gasteiger partial charge is 0.250 e. The second-order valence-electron chi connectivity index (χ2n) is 6.22. The molecular weight excluding hydrogens is 328 g/mol. The third-order valence-corrected chi connectivity index (χ3v) is 7.49. The number of para-hydroxylation sites is 1. The van der Waals surface area contributed by atoms with Gasteiger partial charge in [-0.05, 0) is 43.5 Å². The minimum atomic E-state index is -3.42. The zero-order chi connectivity index (χ0) is 16.1. The molecule has 0 aliphatic heterocycles. The lowest BCUT2D eigenvalue weighted by molar-refractivity contribution is 0.569. The fourth-order valence-electron chi connectivity index (χ4n) is 3.06. The topological polar surface area (TPSA) is 62.0 Å². The minimum absolute atomic E-state index is 0.0705. The van der Waals surface area contributed by atoms with Crippen LogP contribution in [0.5, 0.6) is 0 Å². The number of aromatic nitrogens is 1. The zero-order valence-electron chi connectivity index (χ0n) is 12.8. The molecule has 3 aromatic rings. The van der Waals surface area contributed by atoms with Gasteiger partial charge in [0.2, 0.25) is 10.0 Å². The maximum absolute atomic E-state index is 12.4. The number of hydrogen-bond acceptors (Lipinski definition) is 3. The van der Waals surface area contributed by atoms with Crippen LogP contribution in [-0.2, 0) is 15.4 Å². The Balaban J connectivity index is 1.59.